The molecule has 136 valence electrons. The predicted octanol–water partition coefficient (Wildman–Crippen LogP) is 4.68. The zero-order valence-electron chi connectivity index (χ0n) is 15.4. The molecule has 1 amide bonds. The Morgan fingerprint density at radius 1 is 1.08 bits per heavy atom. The van der Waals surface area contributed by atoms with E-state index in [1.165, 1.54) is 0 Å². The number of carbonyl (C=O) groups is 1. The number of nitrogens with one attached hydrogen (secondary N) is 1. The van der Waals surface area contributed by atoms with E-state index in [4.69, 9.17) is 9.15 Å². The number of furan rings is 1. The molecule has 0 radical (unpaired) electrons. The molecule has 0 spiro atoms. The second-order valence-corrected chi connectivity index (χ2v) is 6.01. The lowest BCUT2D eigenvalue weighted by Gasteiger charge is -2.21. The molecule has 0 unspecified atom stereocenters. The fourth-order valence-electron chi connectivity index (χ4n) is 3.10. The molecule has 0 aliphatic carbocycles. The Balaban J connectivity index is 1.84. The summed E-state index contributed by atoms with van der Waals surface area (Å²) < 4.78 is 11.0. The lowest BCUT2D eigenvalue weighted by Crippen LogP contribution is -2.21. The molecule has 5 nitrogen and oxygen atoms in total. The van der Waals surface area contributed by atoms with Crippen LogP contribution in [-0.4, -0.2) is 26.1 Å². The molecule has 0 saturated heterocycles. The van der Waals surface area contributed by atoms with Crippen LogP contribution in [0.1, 0.15) is 30.0 Å². The Kier molecular flexibility index (Phi) is 5.58. The van der Waals surface area contributed by atoms with Crippen molar-refractivity contribution in [3.05, 3.63) is 59.9 Å². The minimum Gasteiger partial charge on any atom is -0.451 e. The first kappa shape index (κ1) is 18.0. The number of amides is 1. The summed E-state index contributed by atoms with van der Waals surface area (Å²) in [7, 11) is 1.61. The number of hydrogen-bond donors (Lipinski definition) is 1. The van der Waals surface area contributed by atoms with Gasteiger partial charge < -0.3 is 19.4 Å². The first-order valence-corrected chi connectivity index (χ1v) is 8.83. The number of methoxy groups -OCH3 is 1. The van der Waals surface area contributed by atoms with Crippen LogP contribution in [0.3, 0.4) is 0 Å². The largest absolute Gasteiger partial charge is 0.451 e. The molecule has 0 atom stereocenters. The van der Waals surface area contributed by atoms with Gasteiger partial charge in [0, 0.05) is 42.5 Å². The van der Waals surface area contributed by atoms with Crippen molar-refractivity contribution in [1.82, 2.24) is 0 Å². The summed E-state index contributed by atoms with van der Waals surface area (Å²) >= 11 is 0. The molecule has 1 N–H and O–H groups in total. The fraction of sp³-hybridized carbons (Fsp3) is 0.286. The molecule has 26 heavy (non-hydrogen) atoms. The van der Waals surface area contributed by atoms with Gasteiger partial charge in [0.1, 0.15) is 5.58 Å². The van der Waals surface area contributed by atoms with E-state index in [1.54, 1.807) is 7.11 Å². The molecular weight excluding hydrogens is 328 g/mol. The molecule has 0 aliphatic heterocycles. The SMILES string of the molecule is CCN(CC)c1ccc(NC(=O)c2oc3ccccc3c2COC)cc1. The van der Waals surface area contributed by atoms with Crippen molar-refractivity contribution in [3.63, 3.8) is 0 Å². The highest BCUT2D eigenvalue weighted by atomic mass is 16.5. The van der Waals surface area contributed by atoms with Crippen LogP contribution in [0.25, 0.3) is 11.0 Å². The summed E-state index contributed by atoms with van der Waals surface area (Å²) in [5, 5.41) is 3.81. The van der Waals surface area contributed by atoms with Gasteiger partial charge in [0.2, 0.25) is 0 Å². The lowest BCUT2D eigenvalue weighted by atomic mass is 10.1. The number of ether oxygens (including phenoxy) is 1. The van der Waals surface area contributed by atoms with Gasteiger partial charge in [-0.05, 0) is 44.2 Å². The Labute approximate surface area is 153 Å². The molecule has 3 aromatic rings. The van der Waals surface area contributed by atoms with Crippen molar-refractivity contribution in [3.8, 4) is 0 Å². The summed E-state index contributed by atoms with van der Waals surface area (Å²) in [6.07, 6.45) is 0. The average molecular weight is 352 g/mol. The summed E-state index contributed by atoms with van der Waals surface area (Å²) in [6.45, 7) is 6.46. The van der Waals surface area contributed by atoms with Gasteiger partial charge in [-0.2, -0.15) is 0 Å². The quantitative estimate of drug-likeness (QED) is 0.671. The highest BCUT2D eigenvalue weighted by molar-refractivity contribution is 6.06. The van der Waals surface area contributed by atoms with Crippen molar-refractivity contribution in [2.24, 2.45) is 0 Å². The van der Waals surface area contributed by atoms with Crippen LogP contribution >= 0.6 is 0 Å². The molecule has 0 aliphatic rings. The van der Waals surface area contributed by atoms with E-state index in [-0.39, 0.29) is 5.91 Å². The Morgan fingerprint density at radius 3 is 2.42 bits per heavy atom. The number of carbonyl (C=O) groups excluding carboxylic acids is 1. The summed E-state index contributed by atoms with van der Waals surface area (Å²) in [5.41, 5.74) is 3.31. The van der Waals surface area contributed by atoms with Crippen LogP contribution in [0.4, 0.5) is 11.4 Å². The maximum absolute atomic E-state index is 12.7. The molecular formula is C21H24N2O3. The standard InChI is InChI=1S/C21H24N2O3/c1-4-23(5-2)16-12-10-15(11-13-16)22-21(24)20-18(14-25-3)17-8-6-7-9-19(17)26-20/h6-13H,4-5,14H2,1-3H3,(H,22,24). The van der Waals surface area contributed by atoms with E-state index >= 15 is 0 Å². The van der Waals surface area contributed by atoms with Gasteiger partial charge in [-0.3, -0.25) is 4.79 Å². The minimum atomic E-state index is -0.274. The van der Waals surface area contributed by atoms with Crippen molar-refractivity contribution < 1.29 is 13.9 Å². The molecule has 3 rings (SSSR count). The van der Waals surface area contributed by atoms with Gasteiger partial charge in [-0.15, -0.1) is 0 Å². The average Bonchev–Trinajstić information content (AvgIpc) is 3.03. The molecule has 0 bridgehead atoms. The van der Waals surface area contributed by atoms with Crippen molar-refractivity contribution in [2.45, 2.75) is 20.5 Å². The number of benzene rings is 2. The number of hydrogen-bond acceptors (Lipinski definition) is 4. The van der Waals surface area contributed by atoms with Gasteiger partial charge in [0.25, 0.3) is 5.91 Å². The number of fused-ring (bicyclic) bond motifs is 1. The number of anilines is 2. The van der Waals surface area contributed by atoms with E-state index in [1.807, 2.05) is 48.5 Å². The van der Waals surface area contributed by atoms with Crippen LogP contribution < -0.4 is 10.2 Å². The summed E-state index contributed by atoms with van der Waals surface area (Å²) in [4.78, 5) is 15.0. The Morgan fingerprint density at radius 2 is 1.77 bits per heavy atom. The maximum Gasteiger partial charge on any atom is 0.291 e. The Bertz CT molecular complexity index is 880. The number of nitrogens with zero attached hydrogens (tertiary/aromatic N) is 1. The van der Waals surface area contributed by atoms with Crippen LogP contribution in [-0.2, 0) is 11.3 Å². The van der Waals surface area contributed by atoms with E-state index in [9.17, 15) is 4.79 Å². The minimum absolute atomic E-state index is 0.274. The fourth-order valence-corrected chi connectivity index (χ4v) is 3.10. The zero-order chi connectivity index (χ0) is 18.5. The summed E-state index contributed by atoms with van der Waals surface area (Å²) in [5.74, 6) is 0.0182. The van der Waals surface area contributed by atoms with Crippen LogP contribution in [0, 0.1) is 0 Å². The zero-order valence-corrected chi connectivity index (χ0v) is 15.4. The van der Waals surface area contributed by atoms with Gasteiger partial charge in [0.05, 0.1) is 6.61 Å². The van der Waals surface area contributed by atoms with Crippen LogP contribution in [0.5, 0.6) is 0 Å². The second kappa shape index (κ2) is 8.06. The molecule has 0 fully saturated rings. The maximum atomic E-state index is 12.7. The highest BCUT2D eigenvalue weighted by Gasteiger charge is 2.20. The van der Waals surface area contributed by atoms with E-state index < -0.39 is 0 Å². The number of rotatable bonds is 7. The highest BCUT2D eigenvalue weighted by Crippen LogP contribution is 2.27. The van der Waals surface area contributed by atoms with Gasteiger partial charge in [0.15, 0.2) is 5.76 Å². The van der Waals surface area contributed by atoms with Crippen molar-refractivity contribution in [2.75, 3.05) is 30.4 Å². The third-order valence-electron chi connectivity index (χ3n) is 4.45. The monoisotopic (exact) mass is 352 g/mol. The summed E-state index contributed by atoms with van der Waals surface area (Å²) in [6, 6.07) is 15.4. The smallest absolute Gasteiger partial charge is 0.291 e. The Hall–Kier alpha value is -2.79. The van der Waals surface area contributed by atoms with Gasteiger partial charge in [-0.1, -0.05) is 18.2 Å². The molecule has 5 heteroatoms. The molecule has 0 saturated carbocycles. The van der Waals surface area contributed by atoms with Crippen LogP contribution in [0.2, 0.25) is 0 Å². The van der Waals surface area contributed by atoms with Crippen molar-refractivity contribution in [1.29, 1.82) is 0 Å². The normalized spacial score (nSPS) is 10.9. The van der Waals surface area contributed by atoms with E-state index in [2.05, 4.69) is 24.1 Å². The third kappa shape index (κ3) is 3.58. The van der Waals surface area contributed by atoms with Crippen LogP contribution in [0.15, 0.2) is 52.9 Å². The first-order valence-electron chi connectivity index (χ1n) is 8.83. The number of para-hydroxylation sites is 1. The molecule has 1 aromatic heterocycles. The van der Waals surface area contributed by atoms with E-state index in [0.717, 1.165) is 35.4 Å². The van der Waals surface area contributed by atoms with Gasteiger partial charge in [-0.25, -0.2) is 0 Å². The van der Waals surface area contributed by atoms with Gasteiger partial charge >= 0.3 is 0 Å². The second-order valence-electron chi connectivity index (χ2n) is 6.01. The first-order chi connectivity index (χ1) is 12.7. The van der Waals surface area contributed by atoms with E-state index in [0.29, 0.717) is 18.0 Å². The van der Waals surface area contributed by atoms with Crippen molar-refractivity contribution >= 4 is 28.3 Å². The lowest BCUT2D eigenvalue weighted by molar-refractivity contribution is 0.0992. The third-order valence-corrected chi connectivity index (χ3v) is 4.45. The molecule has 1 heterocycles. The topological polar surface area (TPSA) is 54.7 Å². The predicted molar refractivity (Wildman–Crippen MR) is 105 cm³/mol. The molecule has 2 aromatic carbocycles.